The SMILES string of the molecule is COc1ccc(-c2noc(N(C(C)=O)c3ccccc3Cl)c2-c2ccncc2)c(F)c1. The van der Waals surface area contributed by atoms with E-state index >= 15 is 0 Å². The number of amides is 1. The maximum atomic E-state index is 14.9. The van der Waals surface area contributed by atoms with Gasteiger partial charge in [-0.15, -0.1) is 0 Å². The Bertz CT molecular complexity index is 1240. The van der Waals surface area contributed by atoms with E-state index in [9.17, 15) is 9.18 Å². The molecule has 0 spiro atoms. The van der Waals surface area contributed by atoms with Crippen LogP contribution in [0.3, 0.4) is 0 Å². The Morgan fingerprint density at radius 2 is 1.87 bits per heavy atom. The molecule has 0 fully saturated rings. The number of hydrogen-bond donors (Lipinski definition) is 0. The molecule has 0 aliphatic heterocycles. The normalized spacial score (nSPS) is 10.7. The van der Waals surface area contributed by atoms with E-state index in [1.807, 2.05) is 0 Å². The van der Waals surface area contributed by atoms with Crippen LogP contribution in [-0.2, 0) is 4.79 Å². The Kier molecular flexibility index (Phi) is 5.68. The van der Waals surface area contributed by atoms with Crippen LogP contribution in [-0.4, -0.2) is 23.2 Å². The van der Waals surface area contributed by atoms with Gasteiger partial charge in [0.1, 0.15) is 17.3 Å². The standard InChI is InChI=1S/C23H17ClFN3O3/c1-14(29)28(20-6-4-3-5-18(20)24)23-21(15-9-11-26-12-10-15)22(27-31-23)17-8-7-16(30-2)13-19(17)25/h3-13H,1-2H3. The van der Waals surface area contributed by atoms with Crippen molar-refractivity contribution < 1.29 is 18.4 Å². The van der Waals surface area contributed by atoms with Crippen LogP contribution in [0.5, 0.6) is 5.75 Å². The van der Waals surface area contributed by atoms with E-state index in [2.05, 4.69) is 10.1 Å². The molecule has 1 amide bonds. The fraction of sp³-hybridized carbons (Fsp3) is 0.0870. The fourth-order valence-corrected chi connectivity index (χ4v) is 3.49. The first-order chi connectivity index (χ1) is 15.0. The van der Waals surface area contributed by atoms with Gasteiger partial charge in [-0.1, -0.05) is 28.9 Å². The van der Waals surface area contributed by atoms with Crippen LogP contribution in [0.1, 0.15) is 6.92 Å². The van der Waals surface area contributed by atoms with Crippen molar-refractivity contribution in [3.8, 4) is 28.1 Å². The topological polar surface area (TPSA) is 68.5 Å². The Labute approximate surface area is 182 Å². The van der Waals surface area contributed by atoms with E-state index in [1.165, 1.54) is 25.0 Å². The van der Waals surface area contributed by atoms with Gasteiger partial charge in [0, 0.05) is 30.9 Å². The average Bonchev–Trinajstić information content (AvgIpc) is 3.19. The van der Waals surface area contributed by atoms with E-state index in [1.54, 1.807) is 60.9 Å². The van der Waals surface area contributed by atoms with Gasteiger partial charge >= 0.3 is 0 Å². The monoisotopic (exact) mass is 437 g/mol. The zero-order chi connectivity index (χ0) is 22.0. The summed E-state index contributed by atoms with van der Waals surface area (Å²) in [5.74, 6) is -0.392. The molecular formula is C23H17ClFN3O3. The Morgan fingerprint density at radius 3 is 2.52 bits per heavy atom. The van der Waals surface area contributed by atoms with Crippen LogP contribution in [0.25, 0.3) is 22.4 Å². The molecule has 2 heterocycles. The summed E-state index contributed by atoms with van der Waals surface area (Å²) in [4.78, 5) is 18.0. The lowest BCUT2D eigenvalue weighted by molar-refractivity contribution is -0.116. The number of carbonyl (C=O) groups excluding carboxylic acids is 1. The molecule has 0 N–H and O–H groups in total. The quantitative estimate of drug-likeness (QED) is 0.389. The van der Waals surface area contributed by atoms with Crippen molar-refractivity contribution in [1.29, 1.82) is 0 Å². The fourth-order valence-electron chi connectivity index (χ4n) is 3.27. The number of rotatable bonds is 5. The van der Waals surface area contributed by atoms with Crippen LogP contribution in [0, 0.1) is 5.82 Å². The highest BCUT2D eigenvalue weighted by Gasteiger charge is 2.29. The molecule has 0 aliphatic carbocycles. The van der Waals surface area contributed by atoms with Crippen LogP contribution < -0.4 is 9.64 Å². The van der Waals surface area contributed by atoms with Crippen molar-refractivity contribution in [3.05, 3.63) is 77.8 Å². The van der Waals surface area contributed by atoms with Crippen LogP contribution in [0.2, 0.25) is 5.02 Å². The summed E-state index contributed by atoms with van der Waals surface area (Å²) in [6, 6.07) is 14.8. The number of para-hydroxylation sites is 1. The second kappa shape index (κ2) is 8.57. The summed E-state index contributed by atoms with van der Waals surface area (Å²) in [6.07, 6.45) is 3.18. The lowest BCUT2D eigenvalue weighted by Gasteiger charge is -2.20. The molecule has 0 saturated heterocycles. The molecule has 2 aromatic carbocycles. The zero-order valence-electron chi connectivity index (χ0n) is 16.7. The molecule has 2 aromatic heterocycles. The number of pyridine rings is 1. The van der Waals surface area contributed by atoms with Crippen molar-refractivity contribution >= 4 is 29.1 Å². The summed E-state index contributed by atoms with van der Waals surface area (Å²) < 4.78 is 25.6. The van der Waals surface area contributed by atoms with Gasteiger partial charge in [0.25, 0.3) is 0 Å². The molecule has 156 valence electrons. The molecule has 6 nitrogen and oxygen atoms in total. The van der Waals surface area contributed by atoms with Crippen molar-refractivity contribution in [2.75, 3.05) is 12.0 Å². The largest absolute Gasteiger partial charge is 0.497 e. The molecule has 31 heavy (non-hydrogen) atoms. The number of methoxy groups -OCH3 is 1. The zero-order valence-corrected chi connectivity index (χ0v) is 17.4. The average molecular weight is 438 g/mol. The minimum Gasteiger partial charge on any atom is -0.497 e. The Balaban J connectivity index is 1.98. The number of anilines is 2. The number of halogens is 2. The van der Waals surface area contributed by atoms with E-state index in [0.717, 1.165) is 0 Å². The second-order valence-electron chi connectivity index (χ2n) is 6.60. The minimum atomic E-state index is -0.540. The molecular weight excluding hydrogens is 421 g/mol. The van der Waals surface area contributed by atoms with Gasteiger partial charge in [-0.3, -0.25) is 9.78 Å². The van der Waals surface area contributed by atoms with Gasteiger partial charge in [0.15, 0.2) is 0 Å². The predicted octanol–water partition coefficient (Wildman–Crippen LogP) is 5.89. The van der Waals surface area contributed by atoms with Crippen molar-refractivity contribution in [3.63, 3.8) is 0 Å². The lowest BCUT2D eigenvalue weighted by Crippen LogP contribution is -2.23. The molecule has 0 unspecified atom stereocenters. The van der Waals surface area contributed by atoms with Gasteiger partial charge in [-0.05, 0) is 42.0 Å². The third-order valence-corrected chi connectivity index (χ3v) is 5.01. The Hall–Kier alpha value is -3.71. The predicted molar refractivity (Wildman–Crippen MR) is 116 cm³/mol. The van der Waals surface area contributed by atoms with Crippen molar-refractivity contribution in [2.24, 2.45) is 0 Å². The first kappa shape index (κ1) is 20.6. The highest BCUT2D eigenvalue weighted by atomic mass is 35.5. The molecule has 0 saturated carbocycles. The smallest absolute Gasteiger partial charge is 0.247 e. The molecule has 8 heteroatoms. The van der Waals surface area contributed by atoms with Gasteiger partial charge in [-0.25, -0.2) is 9.29 Å². The van der Waals surface area contributed by atoms with Gasteiger partial charge < -0.3 is 9.26 Å². The van der Waals surface area contributed by atoms with Crippen LogP contribution in [0.4, 0.5) is 16.0 Å². The number of ether oxygens (including phenoxy) is 1. The van der Waals surface area contributed by atoms with Gasteiger partial charge in [0.2, 0.25) is 11.8 Å². The summed E-state index contributed by atoms with van der Waals surface area (Å²) in [7, 11) is 1.46. The van der Waals surface area contributed by atoms with Crippen LogP contribution in [0.15, 0.2) is 71.5 Å². The second-order valence-corrected chi connectivity index (χ2v) is 7.01. The number of hydrogen-bond acceptors (Lipinski definition) is 5. The van der Waals surface area contributed by atoms with Gasteiger partial charge in [0.05, 0.1) is 23.4 Å². The number of nitrogens with zero attached hydrogens (tertiary/aromatic N) is 3. The molecule has 0 aliphatic rings. The highest BCUT2D eigenvalue weighted by molar-refractivity contribution is 6.34. The molecule has 0 atom stereocenters. The molecule has 4 aromatic rings. The van der Waals surface area contributed by atoms with Crippen molar-refractivity contribution in [1.82, 2.24) is 10.1 Å². The van der Waals surface area contributed by atoms with Crippen LogP contribution >= 0.6 is 11.6 Å². The first-order valence-electron chi connectivity index (χ1n) is 9.30. The third-order valence-electron chi connectivity index (χ3n) is 4.69. The first-order valence-corrected chi connectivity index (χ1v) is 9.68. The van der Waals surface area contributed by atoms with E-state index in [0.29, 0.717) is 27.6 Å². The van der Waals surface area contributed by atoms with E-state index < -0.39 is 5.82 Å². The van der Waals surface area contributed by atoms with Crippen molar-refractivity contribution in [2.45, 2.75) is 6.92 Å². The summed E-state index contributed by atoms with van der Waals surface area (Å²) in [5.41, 5.74) is 1.94. The molecule has 0 radical (unpaired) electrons. The highest BCUT2D eigenvalue weighted by Crippen LogP contribution is 2.44. The summed E-state index contributed by atoms with van der Waals surface area (Å²) in [6.45, 7) is 1.38. The molecule has 4 rings (SSSR count). The minimum absolute atomic E-state index is 0.122. The maximum Gasteiger partial charge on any atom is 0.247 e. The van der Waals surface area contributed by atoms with E-state index in [-0.39, 0.29) is 23.0 Å². The molecule has 0 bridgehead atoms. The summed E-state index contributed by atoms with van der Waals surface area (Å²) >= 11 is 6.35. The van der Waals surface area contributed by atoms with E-state index in [4.69, 9.17) is 20.9 Å². The lowest BCUT2D eigenvalue weighted by atomic mass is 10.0. The Morgan fingerprint density at radius 1 is 1.13 bits per heavy atom. The summed E-state index contributed by atoms with van der Waals surface area (Å²) in [5, 5.41) is 4.48. The maximum absolute atomic E-state index is 14.9. The third kappa shape index (κ3) is 3.87. The number of aromatic nitrogens is 2. The van der Waals surface area contributed by atoms with Gasteiger partial charge in [-0.2, -0.15) is 0 Å². The number of benzene rings is 2. The number of carbonyl (C=O) groups is 1.